The van der Waals surface area contributed by atoms with Gasteiger partial charge in [0.15, 0.2) is 0 Å². The zero-order valence-corrected chi connectivity index (χ0v) is 12.7. The van der Waals surface area contributed by atoms with E-state index in [4.69, 9.17) is 10.5 Å². The van der Waals surface area contributed by atoms with Crippen molar-refractivity contribution < 1.29 is 13.2 Å². The van der Waals surface area contributed by atoms with Crippen LogP contribution in [0.5, 0.6) is 11.5 Å². The first-order valence-electron chi connectivity index (χ1n) is 6.06. The van der Waals surface area contributed by atoms with Crippen LogP contribution in [0.15, 0.2) is 54.6 Å². The molecule has 2 rings (SSSR count). The van der Waals surface area contributed by atoms with E-state index in [0.717, 1.165) is 0 Å². The third kappa shape index (κ3) is 5.05. The summed E-state index contributed by atoms with van der Waals surface area (Å²) in [5.41, 5.74) is 5.66. The second kappa shape index (κ2) is 6.55. The lowest BCUT2D eigenvalue weighted by atomic mass is 10.3. The number of anilines is 1. The lowest BCUT2D eigenvalue weighted by Crippen LogP contribution is -2.26. The van der Waals surface area contributed by atoms with Crippen molar-refractivity contribution in [2.24, 2.45) is 5.73 Å². The molecule has 0 saturated carbocycles. The molecular formula is C14H14N2O3S2. The lowest BCUT2D eigenvalue weighted by molar-refractivity contribution is 0.483. The van der Waals surface area contributed by atoms with Crippen LogP contribution < -0.4 is 15.2 Å². The summed E-state index contributed by atoms with van der Waals surface area (Å²) in [6, 6.07) is 15.9. The molecule has 0 aliphatic rings. The fourth-order valence-corrected chi connectivity index (χ4v) is 3.03. The molecule has 0 aromatic heterocycles. The monoisotopic (exact) mass is 322 g/mol. The number of rotatable bonds is 6. The minimum absolute atomic E-state index is 0.0773. The van der Waals surface area contributed by atoms with Crippen molar-refractivity contribution in [3.63, 3.8) is 0 Å². The highest BCUT2D eigenvalue weighted by Gasteiger charge is 2.11. The summed E-state index contributed by atoms with van der Waals surface area (Å²) in [6.07, 6.45) is 0. The number of ether oxygens (including phenoxy) is 1. The summed E-state index contributed by atoms with van der Waals surface area (Å²) < 4.78 is 31.4. The van der Waals surface area contributed by atoms with Crippen LogP contribution in [0.25, 0.3) is 0 Å². The van der Waals surface area contributed by atoms with Gasteiger partial charge < -0.3 is 10.5 Å². The normalized spacial score (nSPS) is 10.9. The molecule has 110 valence electrons. The van der Waals surface area contributed by atoms with Crippen molar-refractivity contribution in [1.29, 1.82) is 0 Å². The maximum absolute atomic E-state index is 11.7. The second-order valence-electron chi connectivity index (χ2n) is 4.27. The predicted octanol–water partition coefficient (Wildman–Crippen LogP) is 2.51. The largest absolute Gasteiger partial charge is 0.457 e. The molecule has 0 spiro atoms. The average Bonchev–Trinajstić information content (AvgIpc) is 2.40. The van der Waals surface area contributed by atoms with Gasteiger partial charge in [0.05, 0.1) is 4.99 Å². The van der Waals surface area contributed by atoms with E-state index in [-0.39, 0.29) is 10.7 Å². The van der Waals surface area contributed by atoms with E-state index in [2.05, 4.69) is 16.9 Å². The van der Waals surface area contributed by atoms with Crippen LogP contribution in [0.2, 0.25) is 0 Å². The molecule has 0 aliphatic carbocycles. The highest BCUT2D eigenvalue weighted by atomic mass is 32.2. The maximum atomic E-state index is 11.7. The standard InChI is InChI=1S/C14H14N2O3S2/c15-14(20)10-21(17,18)16-11-6-8-13(9-7-11)19-12-4-2-1-3-5-12/h1-9,16H,10H2,(H2,15,20). The zero-order valence-electron chi connectivity index (χ0n) is 11.0. The number of nitrogens with one attached hydrogen (secondary N) is 1. The Balaban J connectivity index is 2.04. The molecule has 0 bridgehead atoms. The van der Waals surface area contributed by atoms with Gasteiger partial charge in [-0.25, -0.2) is 8.42 Å². The number of thiocarbonyl (C=S) groups is 1. The molecule has 5 nitrogen and oxygen atoms in total. The Labute approximate surface area is 128 Å². The van der Waals surface area contributed by atoms with Crippen LogP contribution in [0.1, 0.15) is 0 Å². The third-order valence-electron chi connectivity index (χ3n) is 2.44. The van der Waals surface area contributed by atoms with Crippen molar-refractivity contribution in [1.82, 2.24) is 0 Å². The average molecular weight is 322 g/mol. The van der Waals surface area contributed by atoms with Crippen LogP contribution in [-0.2, 0) is 10.0 Å². The van der Waals surface area contributed by atoms with Crippen molar-refractivity contribution in [2.45, 2.75) is 0 Å². The summed E-state index contributed by atoms with van der Waals surface area (Å²) >= 11 is 4.59. The van der Waals surface area contributed by atoms with Gasteiger partial charge in [-0.2, -0.15) is 0 Å². The van der Waals surface area contributed by atoms with Gasteiger partial charge in [-0.3, -0.25) is 4.72 Å². The van der Waals surface area contributed by atoms with E-state index >= 15 is 0 Å². The Kier molecular flexibility index (Phi) is 4.77. The van der Waals surface area contributed by atoms with Crippen molar-refractivity contribution in [2.75, 3.05) is 10.5 Å². The third-order valence-corrected chi connectivity index (χ3v) is 4.00. The molecule has 0 saturated heterocycles. The molecular weight excluding hydrogens is 308 g/mol. The van der Waals surface area contributed by atoms with Gasteiger partial charge in [0.1, 0.15) is 17.3 Å². The molecule has 0 amide bonds. The first-order chi connectivity index (χ1) is 9.94. The van der Waals surface area contributed by atoms with E-state index in [1.54, 1.807) is 24.3 Å². The van der Waals surface area contributed by atoms with Crippen LogP contribution >= 0.6 is 12.2 Å². The molecule has 0 fully saturated rings. The second-order valence-corrected chi connectivity index (χ2v) is 6.51. The SMILES string of the molecule is NC(=S)CS(=O)(=O)Nc1ccc(Oc2ccccc2)cc1. The zero-order chi connectivity index (χ0) is 15.3. The fraction of sp³-hybridized carbons (Fsp3) is 0.0714. The van der Waals surface area contributed by atoms with Gasteiger partial charge in [0.2, 0.25) is 10.0 Å². The van der Waals surface area contributed by atoms with E-state index in [0.29, 0.717) is 17.2 Å². The fourth-order valence-electron chi connectivity index (χ4n) is 1.62. The van der Waals surface area contributed by atoms with E-state index < -0.39 is 10.0 Å². The maximum Gasteiger partial charge on any atom is 0.239 e. The summed E-state index contributed by atoms with van der Waals surface area (Å²) in [4.78, 5) is -0.0773. The summed E-state index contributed by atoms with van der Waals surface area (Å²) in [7, 11) is -3.56. The van der Waals surface area contributed by atoms with Gasteiger partial charge >= 0.3 is 0 Å². The number of hydrogen-bond donors (Lipinski definition) is 2. The minimum atomic E-state index is -3.56. The lowest BCUT2D eigenvalue weighted by Gasteiger charge is -2.09. The van der Waals surface area contributed by atoms with E-state index in [1.165, 1.54) is 0 Å². The van der Waals surface area contributed by atoms with Crippen LogP contribution in [0.4, 0.5) is 5.69 Å². The number of hydrogen-bond acceptors (Lipinski definition) is 4. The number of sulfonamides is 1. The van der Waals surface area contributed by atoms with Crippen molar-refractivity contribution in [3.8, 4) is 11.5 Å². The molecule has 21 heavy (non-hydrogen) atoms. The van der Waals surface area contributed by atoms with E-state index in [1.807, 2.05) is 30.3 Å². The van der Waals surface area contributed by atoms with Gasteiger partial charge in [0.25, 0.3) is 0 Å². The van der Waals surface area contributed by atoms with Gasteiger partial charge in [-0.05, 0) is 36.4 Å². The molecule has 0 unspecified atom stereocenters. The topological polar surface area (TPSA) is 81.4 Å². The molecule has 7 heteroatoms. The van der Waals surface area contributed by atoms with Crippen molar-refractivity contribution >= 4 is 32.9 Å². The summed E-state index contributed by atoms with van der Waals surface area (Å²) in [5, 5.41) is 0. The Morgan fingerprint density at radius 1 is 1.05 bits per heavy atom. The first kappa shape index (κ1) is 15.3. The Bertz CT molecular complexity index is 714. The molecule has 0 radical (unpaired) electrons. The van der Waals surface area contributed by atoms with E-state index in [9.17, 15) is 8.42 Å². The molecule has 0 aliphatic heterocycles. The highest BCUT2D eigenvalue weighted by Crippen LogP contribution is 2.22. The molecule has 0 atom stereocenters. The van der Waals surface area contributed by atoms with Gasteiger partial charge in [-0.1, -0.05) is 30.4 Å². The number of benzene rings is 2. The van der Waals surface area contributed by atoms with Gasteiger partial charge in [-0.15, -0.1) is 0 Å². The Morgan fingerprint density at radius 2 is 1.62 bits per heavy atom. The number of nitrogens with two attached hydrogens (primary N) is 1. The Morgan fingerprint density at radius 3 is 2.19 bits per heavy atom. The predicted molar refractivity (Wildman–Crippen MR) is 87.2 cm³/mol. The summed E-state index contributed by atoms with van der Waals surface area (Å²) in [5.74, 6) is 0.933. The van der Waals surface area contributed by atoms with Crippen LogP contribution in [0, 0.1) is 0 Å². The minimum Gasteiger partial charge on any atom is -0.457 e. The quantitative estimate of drug-likeness (QED) is 0.799. The molecule has 0 heterocycles. The number of para-hydroxylation sites is 1. The van der Waals surface area contributed by atoms with Crippen LogP contribution in [-0.4, -0.2) is 19.2 Å². The first-order valence-corrected chi connectivity index (χ1v) is 8.12. The summed E-state index contributed by atoms with van der Waals surface area (Å²) in [6.45, 7) is 0. The van der Waals surface area contributed by atoms with Crippen molar-refractivity contribution in [3.05, 3.63) is 54.6 Å². The molecule has 2 aromatic rings. The molecule has 3 N–H and O–H groups in total. The van der Waals surface area contributed by atoms with Gasteiger partial charge in [0, 0.05) is 5.69 Å². The highest BCUT2D eigenvalue weighted by molar-refractivity contribution is 7.95. The smallest absolute Gasteiger partial charge is 0.239 e. The van der Waals surface area contributed by atoms with Crippen LogP contribution in [0.3, 0.4) is 0 Å². The Hall–Kier alpha value is -2.12. The molecule has 2 aromatic carbocycles.